The molecule has 0 amide bonds. The molecule has 1 aromatic carbocycles. The molecular formula is C14H19NO4. The number of rotatable bonds is 7. The molecule has 0 bridgehead atoms. The van der Waals surface area contributed by atoms with Crippen LogP contribution in [0.3, 0.4) is 0 Å². The Morgan fingerprint density at radius 3 is 2.37 bits per heavy atom. The number of hydrogen-bond acceptors (Lipinski definition) is 5. The second kappa shape index (κ2) is 8.13. The zero-order valence-corrected chi connectivity index (χ0v) is 11.3. The van der Waals surface area contributed by atoms with E-state index >= 15 is 0 Å². The molecule has 0 aliphatic heterocycles. The molecule has 0 aromatic heterocycles. The Labute approximate surface area is 112 Å². The van der Waals surface area contributed by atoms with Gasteiger partial charge in [-0.2, -0.15) is 0 Å². The van der Waals surface area contributed by atoms with Crippen LogP contribution in [0.5, 0.6) is 0 Å². The van der Waals surface area contributed by atoms with Crippen LogP contribution in [-0.4, -0.2) is 32.7 Å². The Morgan fingerprint density at radius 1 is 1.05 bits per heavy atom. The molecule has 0 spiro atoms. The van der Waals surface area contributed by atoms with Crippen LogP contribution in [0.4, 0.5) is 5.69 Å². The fourth-order valence-electron chi connectivity index (χ4n) is 1.65. The highest BCUT2D eigenvalue weighted by Crippen LogP contribution is 2.17. The molecule has 0 unspecified atom stereocenters. The molecule has 0 fully saturated rings. The molecule has 1 rings (SSSR count). The van der Waals surface area contributed by atoms with Crippen LogP contribution in [-0.2, 0) is 25.5 Å². The van der Waals surface area contributed by atoms with E-state index in [1.165, 1.54) is 14.2 Å². The van der Waals surface area contributed by atoms with E-state index in [-0.39, 0.29) is 11.9 Å². The van der Waals surface area contributed by atoms with Crippen LogP contribution >= 0.6 is 0 Å². The molecule has 0 radical (unpaired) electrons. The first-order chi connectivity index (χ1) is 9.17. The number of methoxy groups -OCH3 is 2. The lowest BCUT2D eigenvalue weighted by Gasteiger charge is -2.11. The molecule has 0 heterocycles. The number of aryl methyl sites for hydroxylation is 1. The van der Waals surface area contributed by atoms with E-state index in [1.54, 1.807) is 0 Å². The normalized spacial score (nSPS) is 9.79. The smallest absolute Gasteiger partial charge is 0.307 e. The molecule has 0 saturated heterocycles. The van der Waals surface area contributed by atoms with E-state index in [4.69, 9.17) is 0 Å². The zero-order valence-electron chi connectivity index (χ0n) is 11.3. The summed E-state index contributed by atoms with van der Waals surface area (Å²) in [6.45, 7) is 0.502. The van der Waals surface area contributed by atoms with Crippen molar-refractivity contribution in [1.29, 1.82) is 0 Å². The van der Waals surface area contributed by atoms with E-state index in [2.05, 4.69) is 14.8 Å². The molecule has 0 saturated carbocycles. The van der Waals surface area contributed by atoms with Gasteiger partial charge in [0.2, 0.25) is 0 Å². The van der Waals surface area contributed by atoms with Crippen molar-refractivity contribution < 1.29 is 19.1 Å². The van der Waals surface area contributed by atoms with Crippen LogP contribution < -0.4 is 5.32 Å². The molecule has 5 nitrogen and oxygen atoms in total. The minimum absolute atomic E-state index is 0.232. The molecule has 1 aromatic rings. The second-order valence-corrected chi connectivity index (χ2v) is 3.99. The summed E-state index contributed by atoms with van der Waals surface area (Å²) in [6.07, 6.45) is 1.25. The highest BCUT2D eigenvalue weighted by molar-refractivity contribution is 5.71. The van der Waals surface area contributed by atoms with Gasteiger partial charge in [-0.1, -0.05) is 18.2 Å². The number of anilines is 1. The summed E-state index contributed by atoms with van der Waals surface area (Å²) >= 11 is 0. The van der Waals surface area contributed by atoms with Gasteiger partial charge in [-0.15, -0.1) is 0 Å². The van der Waals surface area contributed by atoms with E-state index in [1.807, 2.05) is 24.3 Å². The van der Waals surface area contributed by atoms with Gasteiger partial charge in [-0.05, 0) is 18.1 Å². The molecule has 104 valence electrons. The average molecular weight is 265 g/mol. The number of hydrogen-bond donors (Lipinski definition) is 1. The van der Waals surface area contributed by atoms with E-state index < -0.39 is 0 Å². The maximum atomic E-state index is 11.1. The molecule has 5 heteroatoms. The summed E-state index contributed by atoms with van der Waals surface area (Å²) in [5.41, 5.74) is 1.95. The van der Waals surface area contributed by atoms with Crippen LogP contribution in [0, 0.1) is 0 Å². The Morgan fingerprint density at radius 2 is 1.68 bits per heavy atom. The number of ether oxygens (including phenoxy) is 2. The van der Waals surface area contributed by atoms with Gasteiger partial charge in [-0.3, -0.25) is 9.59 Å². The standard InChI is InChI=1S/C14H19NO4/c1-18-13(16)8-7-11-5-3-4-6-12(11)15-10-9-14(17)19-2/h3-6,15H,7-10H2,1-2H3. The van der Waals surface area contributed by atoms with E-state index in [9.17, 15) is 9.59 Å². The number of carbonyl (C=O) groups is 2. The number of nitrogens with one attached hydrogen (secondary N) is 1. The van der Waals surface area contributed by atoms with Crippen molar-refractivity contribution in [3.63, 3.8) is 0 Å². The highest BCUT2D eigenvalue weighted by Gasteiger charge is 2.06. The van der Waals surface area contributed by atoms with Crippen LogP contribution in [0.25, 0.3) is 0 Å². The number of esters is 2. The summed E-state index contributed by atoms with van der Waals surface area (Å²) in [5, 5.41) is 3.17. The summed E-state index contributed by atoms with van der Waals surface area (Å²) < 4.78 is 9.19. The SMILES string of the molecule is COC(=O)CCNc1ccccc1CCC(=O)OC. The van der Waals surface area contributed by atoms with Crippen LogP contribution in [0.2, 0.25) is 0 Å². The van der Waals surface area contributed by atoms with Crippen LogP contribution in [0.15, 0.2) is 24.3 Å². The van der Waals surface area contributed by atoms with Gasteiger partial charge in [0.05, 0.1) is 20.6 Å². The van der Waals surface area contributed by atoms with Crippen molar-refractivity contribution in [2.45, 2.75) is 19.3 Å². The monoisotopic (exact) mass is 265 g/mol. The minimum Gasteiger partial charge on any atom is -0.469 e. The zero-order chi connectivity index (χ0) is 14.1. The predicted octanol–water partition coefficient (Wildman–Crippen LogP) is 1.77. The molecule has 0 atom stereocenters. The van der Waals surface area contributed by atoms with Crippen molar-refractivity contribution in [3.05, 3.63) is 29.8 Å². The lowest BCUT2D eigenvalue weighted by molar-refractivity contribution is -0.141. The first-order valence-corrected chi connectivity index (χ1v) is 6.12. The third kappa shape index (κ3) is 5.42. The maximum Gasteiger partial charge on any atom is 0.307 e. The molecule has 0 aliphatic rings. The Kier molecular flexibility index (Phi) is 6.43. The molecule has 0 aliphatic carbocycles. The van der Waals surface area contributed by atoms with Crippen LogP contribution in [0.1, 0.15) is 18.4 Å². The minimum atomic E-state index is -0.250. The third-order valence-electron chi connectivity index (χ3n) is 2.72. The summed E-state index contributed by atoms with van der Waals surface area (Å²) in [6, 6.07) is 7.69. The predicted molar refractivity (Wildman–Crippen MR) is 71.9 cm³/mol. The van der Waals surface area contributed by atoms with Gasteiger partial charge in [0.1, 0.15) is 0 Å². The van der Waals surface area contributed by atoms with E-state index in [0.717, 1.165) is 11.3 Å². The van der Waals surface area contributed by atoms with Crippen molar-refractivity contribution in [2.75, 3.05) is 26.1 Å². The maximum absolute atomic E-state index is 11.1. The first-order valence-electron chi connectivity index (χ1n) is 6.12. The van der Waals surface area contributed by atoms with E-state index in [0.29, 0.717) is 25.8 Å². The number of benzene rings is 1. The first kappa shape index (κ1) is 15.0. The van der Waals surface area contributed by atoms with Gasteiger partial charge in [0.15, 0.2) is 0 Å². The summed E-state index contributed by atoms with van der Waals surface area (Å²) in [4.78, 5) is 22.2. The number of carbonyl (C=O) groups excluding carboxylic acids is 2. The van der Waals surface area contributed by atoms with Crippen molar-refractivity contribution >= 4 is 17.6 Å². The molecule has 19 heavy (non-hydrogen) atoms. The second-order valence-electron chi connectivity index (χ2n) is 3.99. The quantitative estimate of drug-likeness (QED) is 0.761. The van der Waals surface area contributed by atoms with Gasteiger partial charge in [0, 0.05) is 18.7 Å². The molecular weight excluding hydrogens is 246 g/mol. The van der Waals surface area contributed by atoms with Gasteiger partial charge < -0.3 is 14.8 Å². The fourth-order valence-corrected chi connectivity index (χ4v) is 1.65. The Bertz CT molecular complexity index is 431. The Hall–Kier alpha value is -2.04. The lowest BCUT2D eigenvalue weighted by Crippen LogP contribution is -2.11. The van der Waals surface area contributed by atoms with Gasteiger partial charge in [0.25, 0.3) is 0 Å². The van der Waals surface area contributed by atoms with Crippen molar-refractivity contribution in [3.8, 4) is 0 Å². The largest absolute Gasteiger partial charge is 0.469 e. The van der Waals surface area contributed by atoms with Gasteiger partial charge >= 0.3 is 11.9 Å². The summed E-state index contributed by atoms with van der Waals surface area (Å²) in [7, 11) is 2.75. The number of para-hydroxylation sites is 1. The Balaban J connectivity index is 2.52. The highest BCUT2D eigenvalue weighted by atomic mass is 16.5. The average Bonchev–Trinajstić information content (AvgIpc) is 2.45. The fraction of sp³-hybridized carbons (Fsp3) is 0.429. The lowest BCUT2D eigenvalue weighted by atomic mass is 10.1. The van der Waals surface area contributed by atoms with Crippen molar-refractivity contribution in [2.24, 2.45) is 0 Å². The summed E-state index contributed by atoms with van der Waals surface area (Å²) in [5.74, 6) is -0.482. The topological polar surface area (TPSA) is 64.6 Å². The molecule has 1 N–H and O–H groups in total. The van der Waals surface area contributed by atoms with Crippen molar-refractivity contribution in [1.82, 2.24) is 0 Å². The third-order valence-corrected chi connectivity index (χ3v) is 2.72. The van der Waals surface area contributed by atoms with Gasteiger partial charge in [-0.25, -0.2) is 0 Å².